The summed E-state index contributed by atoms with van der Waals surface area (Å²) in [5.74, 6) is 0.329. The van der Waals surface area contributed by atoms with Crippen molar-refractivity contribution in [3.8, 4) is 0 Å². The zero-order valence-electron chi connectivity index (χ0n) is 12.0. The molecule has 1 aliphatic heterocycles. The van der Waals surface area contributed by atoms with E-state index in [4.69, 9.17) is 5.73 Å². The Balaban J connectivity index is 1.82. The summed E-state index contributed by atoms with van der Waals surface area (Å²) in [6.07, 6.45) is 2.37. The Morgan fingerprint density at radius 2 is 1.80 bits per heavy atom. The van der Waals surface area contributed by atoms with Crippen LogP contribution in [0.4, 0.5) is 0 Å². The molecule has 0 radical (unpaired) electrons. The number of amides is 1. The van der Waals surface area contributed by atoms with Gasteiger partial charge in [0.05, 0.1) is 6.54 Å². The van der Waals surface area contributed by atoms with E-state index < -0.39 is 0 Å². The quantitative estimate of drug-likeness (QED) is 0.832. The van der Waals surface area contributed by atoms with Crippen molar-refractivity contribution in [1.29, 1.82) is 0 Å². The van der Waals surface area contributed by atoms with E-state index in [1.807, 2.05) is 31.2 Å². The standard InChI is InChI=1S/C16H22N2O2/c1-12-2-4-14(5-3-12)15(19)11-18-8-6-13(7-9-18)10-16(17)20/h2-5,13H,6-11H2,1H3,(H2,17,20). The number of ketones is 1. The molecule has 0 spiro atoms. The second-order valence-corrected chi connectivity index (χ2v) is 5.68. The molecule has 0 bridgehead atoms. The van der Waals surface area contributed by atoms with Gasteiger partial charge < -0.3 is 5.73 Å². The molecule has 0 aromatic heterocycles. The highest BCUT2D eigenvalue weighted by molar-refractivity contribution is 5.97. The molecule has 0 atom stereocenters. The van der Waals surface area contributed by atoms with E-state index >= 15 is 0 Å². The number of nitrogens with zero attached hydrogens (tertiary/aromatic N) is 1. The number of carbonyl (C=O) groups is 2. The Kier molecular flexibility index (Phi) is 4.90. The molecule has 108 valence electrons. The minimum Gasteiger partial charge on any atom is -0.370 e. The van der Waals surface area contributed by atoms with E-state index in [1.54, 1.807) is 0 Å². The summed E-state index contributed by atoms with van der Waals surface area (Å²) >= 11 is 0. The molecule has 4 heteroatoms. The first-order valence-electron chi connectivity index (χ1n) is 7.15. The van der Waals surface area contributed by atoms with Gasteiger partial charge in [0.15, 0.2) is 5.78 Å². The molecule has 0 aliphatic carbocycles. The maximum atomic E-state index is 12.2. The molecule has 2 N–H and O–H groups in total. The lowest BCUT2D eigenvalue weighted by atomic mass is 9.93. The molecule has 1 fully saturated rings. The number of primary amides is 1. The highest BCUT2D eigenvalue weighted by Crippen LogP contribution is 2.20. The van der Waals surface area contributed by atoms with Gasteiger partial charge >= 0.3 is 0 Å². The van der Waals surface area contributed by atoms with Gasteiger partial charge in [0.1, 0.15) is 0 Å². The average molecular weight is 274 g/mol. The van der Waals surface area contributed by atoms with E-state index in [9.17, 15) is 9.59 Å². The molecule has 1 aromatic rings. The van der Waals surface area contributed by atoms with Gasteiger partial charge in [-0.3, -0.25) is 14.5 Å². The maximum Gasteiger partial charge on any atom is 0.217 e. The van der Waals surface area contributed by atoms with Gasteiger partial charge in [-0.25, -0.2) is 0 Å². The molecule has 1 amide bonds. The van der Waals surface area contributed by atoms with Crippen molar-refractivity contribution in [2.45, 2.75) is 26.2 Å². The first kappa shape index (κ1) is 14.7. The van der Waals surface area contributed by atoms with Crippen LogP contribution in [0.15, 0.2) is 24.3 Å². The Labute approximate surface area is 119 Å². The Hall–Kier alpha value is -1.68. The smallest absolute Gasteiger partial charge is 0.217 e. The number of rotatable bonds is 5. The molecule has 1 aliphatic rings. The number of aryl methyl sites for hydroxylation is 1. The molecular formula is C16H22N2O2. The van der Waals surface area contributed by atoms with E-state index in [2.05, 4.69) is 4.90 Å². The number of likely N-dealkylation sites (tertiary alicyclic amines) is 1. The third-order valence-corrected chi connectivity index (χ3v) is 3.94. The van der Waals surface area contributed by atoms with Crippen molar-refractivity contribution in [2.75, 3.05) is 19.6 Å². The summed E-state index contributed by atoms with van der Waals surface area (Å²) in [4.78, 5) is 25.2. The minimum absolute atomic E-state index is 0.165. The lowest BCUT2D eigenvalue weighted by molar-refractivity contribution is -0.119. The van der Waals surface area contributed by atoms with Crippen LogP contribution in [-0.4, -0.2) is 36.2 Å². The number of piperidine rings is 1. The second kappa shape index (κ2) is 6.66. The molecule has 0 unspecified atom stereocenters. The van der Waals surface area contributed by atoms with Gasteiger partial charge in [-0.15, -0.1) is 0 Å². The molecule has 20 heavy (non-hydrogen) atoms. The summed E-state index contributed by atoms with van der Waals surface area (Å²) in [6.45, 7) is 4.22. The molecule has 0 saturated carbocycles. The number of benzene rings is 1. The van der Waals surface area contributed by atoms with Crippen molar-refractivity contribution in [3.63, 3.8) is 0 Å². The van der Waals surface area contributed by atoms with Crippen LogP contribution in [0.1, 0.15) is 35.2 Å². The highest BCUT2D eigenvalue weighted by Gasteiger charge is 2.22. The van der Waals surface area contributed by atoms with Crippen LogP contribution in [0.5, 0.6) is 0 Å². The van der Waals surface area contributed by atoms with Crippen LogP contribution in [0.2, 0.25) is 0 Å². The van der Waals surface area contributed by atoms with Gasteiger partial charge in [0, 0.05) is 12.0 Å². The summed E-state index contributed by atoms with van der Waals surface area (Å²) < 4.78 is 0. The topological polar surface area (TPSA) is 63.4 Å². The van der Waals surface area contributed by atoms with Crippen LogP contribution >= 0.6 is 0 Å². The Bertz CT molecular complexity index is 474. The van der Waals surface area contributed by atoms with Crippen molar-refractivity contribution in [2.24, 2.45) is 11.7 Å². The average Bonchev–Trinajstić information content (AvgIpc) is 2.41. The van der Waals surface area contributed by atoms with E-state index in [-0.39, 0.29) is 11.7 Å². The van der Waals surface area contributed by atoms with Gasteiger partial charge in [0.2, 0.25) is 5.91 Å². The third-order valence-electron chi connectivity index (χ3n) is 3.94. The lowest BCUT2D eigenvalue weighted by Gasteiger charge is -2.30. The summed E-state index contributed by atoms with van der Waals surface area (Å²) in [7, 11) is 0. The summed E-state index contributed by atoms with van der Waals surface area (Å²) in [5, 5.41) is 0. The molecule has 1 heterocycles. The fraction of sp³-hybridized carbons (Fsp3) is 0.500. The van der Waals surface area contributed by atoms with Crippen molar-refractivity contribution >= 4 is 11.7 Å². The van der Waals surface area contributed by atoms with Crippen LogP contribution < -0.4 is 5.73 Å². The van der Waals surface area contributed by atoms with Crippen molar-refractivity contribution < 1.29 is 9.59 Å². The van der Waals surface area contributed by atoms with Crippen molar-refractivity contribution in [1.82, 2.24) is 4.90 Å². The summed E-state index contributed by atoms with van der Waals surface area (Å²) in [6, 6.07) is 7.70. The minimum atomic E-state index is -0.223. The maximum absolute atomic E-state index is 12.2. The second-order valence-electron chi connectivity index (χ2n) is 5.68. The van der Waals surface area contributed by atoms with Crippen molar-refractivity contribution in [3.05, 3.63) is 35.4 Å². The number of hydrogen-bond donors (Lipinski definition) is 1. The van der Waals surface area contributed by atoms with Crippen LogP contribution in [0.25, 0.3) is 0 Å². The van der Waals surface area contributed by atoms with Crippen LogP contribution in [-0.2, 0) is 4.79 Å². The predicted octanol–water partition coefficient (Wildman–Crippen LogP) is 1.77. The number of carbonyl (C=O) groups excluding carboxylic acids is 2. The number of hydrogen-bond acceptors (Lipinski definition) is 3. The van der Waals surface area contributed by atoms with Crippen LogP contribution in [0.3, 0.4) is 0 Å². The molecule has 1 saturated heterocycles. The van der Waals surface area contributed by atoms with Gasteiger partial charge in [-0.05, 0) is 38.8 Å². The fourth-order valence-electron chi connectivity index (χ4n) is 2.67. The van der Waals surface area contributed by atoms with E-state index in [0.717, 1.165) is 37.1 Å². The first-order valence-corrected chi connectivity index (χ1v) is 7.15. The summed E-state index contributed by atoms with van der Waals surface area (Å²) in [5.41, 5.74) is 7.15. The predicted molar refractivity (Wildman–Crippen MR) is 78.5 cm³/mol. The third kappa shape index (κ3) is 4.17. The highest BCUT2D eigenvalue weighted by atomic mass is 16.1. The first-order chi connectivity index (χ1) is 9.54. The molecule has 4 nitrogen and oxygen atoms in total. The largest absolute Gasteiger partial charge is 0.370 e. The molecular weight excluding hydrogens is 252 g/mol. The van der Waals surface area contributed by atoms with Crippen LogP contribution in [0, 0.1) is 12.8 Å². The molecule has 2 rings (SSSR count). The zero-order valence-corrected chi connectivity index (χ0v) is 12.0. The van der Waals surface area contributed by atoms with Gasteiger partial charge in [0.25, 0.3) is 0 Å². The number of nitrogens with two attached hydrogens (primary N) is 1. The van der Waals surface area contributed by atoms with E-state index in [1.165, 1.54) is 0 Å². The van der Waals surface area contributed by atoms with Gasteiger partial charge in [-0.2, -0.15) is 0 Å². The zero-order chi connectivity index (χ0) is 14.5. The normalized spacial score (nSPS) is 17.1. The lowest BCUT2D eigenvalue weighted by Crippen LogP contribution is -2.38. The molecule has 1 aromatic carbocycles. The monoisotopic (exact) mass is 274 g/mol. The number of Topliss-reactive ketones (excluding diaryl/α,β-unsaturated/α-hetero) is 1. The fourth-order valence-corrected chi connectivity index (χ4v) is 2.67. The SMILES string of the molecule is Cc1ccc(C(=O)CN2CCC(CC(N)=O)CC2)cc1. The van der Waals surface area contributed by atoms with E-state index in [0.29, 0.717) is 18.9 Å². The Morgan fingerprint density at radius 3 is 2.35 bits per heavy atom. The van der Waals surface area contributed by atoms with Gasteiger partial charge in [-0.1, -0.05) is 29.8 Å². The Morgan fingerprint density at radius 1 is 1.20 bits per heavy atom.